The number of hydrogen-bond acceptors (Lipinski definition) is 5. The van der Waals surface area contributed by atoms with Crippen LogP contribution in [0, 0.1) is 11.3 Å². The van der Waals surface area contributed by atoms with E-state index in [9.17, 15) is 10.1 Å². The number of anilines is 1. The number of nitrogens with two attached hydrogens (primary N) is 1. The monoisotopic (exact) mass is 471 g/mol. The Bertz CT molecular complexity index is 1160. The van der Waals surface area contributed by atoms with Gasteiger partial charge in [0.2, 0.25) is 0 Å². The quantitative estimate of drug-likeness (QED) is 0.558. The van der Waals surface area contributed by atoms with Crippen LogP contribution in [0.1, 0.15) is 20.8 Å². The van der Waals surface area contributed by atoms with E-state index < -0.39 is 5.91 Å². The smallest absolute Gasteiger partial charge is 0.259 e. The van der Waals surface area contributed by atoms with Gasteiger partial charge in [-0.1, -0.05) is 59.6 Å². The molecule has 1 amide bonds. The summed E-state index contributed by atoms with van der Waals surface area (Å²) in [5.41, 5.74) is 8.29. The molecule has 1 aliphatic rings. The van der Waals surface area contributed by atoms with Crippen molar-refractivity contribution in [3.8, 4) is 17.2 Å². The van der Waals surface area contributed by atoms with Gasteiger partial charge >= 0.3 is 0 Å². The van der Waals surface area contributed by atoms with Crippen LogP contribution in [0.15, 0.2) is 48.5 Å². The Kier molecular flexibility index (Phi) is 6.49. The Labute approximate surface area is 194 Å². The molecular weight excluding hydrogens is 453 g/mol. The largest absolute Gasteiger partial charge is 0.377 e. The van der Waals surface area contributed by atoms with Gasteiger partial charge in [-0.15, -0.1) is 11.3 Å². The van der Waals surface area contributed by atoms with Crippen molar-refractivity contribution in [3.63, 3.8) is 0 Å². The molecule has 1 atom stereocenters. The van der Waals surface area contributed by atoms with Gasteiger partial charge in [0.15, 0.2) is 0 Å². The standard InChI is InChI=1S/C23H19Cl2N3O2S/c24-15-6-7-17(19(25)11-15)20-18(12-26)23(31-21(20)22(27)29)28-8-9-30-13-16(28)10-14-4-2-1-3-5-14/h1-7,11,16H,8-10,13H2,(H2,27,29)/t16-/m0/s1. The van der Waals surface area contributed by atoms with Crippen LogP contribution in [0.5, 0.6) is 0 Å². The molecule has 1 fully saturated rings. The highest BCUT2D eigenvalue weighted by atomic mass is 35.5. The van der Waals surface area contributed by atoms with Gasteiger partial charge in [0.1, 0.15) is 15.9 Å². The van der Waals surface area contributed by atoms with Gasteiger partial charge in [-0.2, -0.15) is 5.26 Å². The molecule has 0 radical (unpaired) electrons. The summed E-state index contributed by atoms with van der Waals surface area (Å²) in [6.07, 6.45) is 0.756. The second-order valence-corrected chi connectivity index (χ2v) is 9.04. The van der Waals surface area contributed by atoms with Crippen molar-refractivity contribution in [2.24, 2.45) is 5.73 Å². The Morgan fingerprint density at radius 2 is 2.03 bits per heavy atom. The molecular formula is C23H19Cl2N3O2S. The van der Waals surface area contributed by atoms with Crippen LogP contribution in [0.3, 0.4) is 0 Å². The summed E-state index contributed by atoms with van der Waals surface area (Å²) in [6, 6.07) is 17.4. The summed E-state index contributed by atoms with van der Waals surface area (Å²) in [4.78, 5) is 14.8. The van der Waals surface area contributed by atoms with E-state index in [0.29, 0.717) is 56.4 Å². The van der Waals surface area contributed by atoms with Gasteiger partial charge in [0, 0.05) is 27.7 Å². The summed E-state index contributed by atoms with van der Waals surface area (Å²) >= 11 is 13.7. The van der Waals surface area contributed by atoms with E-state index in [4.69, 9.17) is 33.7 Å². The fourth-order valence-corrected chi connectivity index (χ4v) is 5.54. The topological polar surface area (TPSA) is 79.3 Å². The lowest BCUT2D eigenvalue weighted by Gasteiger charge is -2.36. The second-order valence-electron chi connectivity index (χ2n) is 7.20. The molecule has 0 aliphatic carbocycles. The molecule has 0 bridgehead atoms. The van der Waals surface area contributed by atoms with E-state index in [-0.39, 0.29) is 6.04 Å². The number of ether oxygens (including phenoxy) is 1. The predicted octanol–water partition coefficient (Wildman–Crippen LogP) is 5.14. The van der Waals surface area contributed by atoms with Crippen molar-refractivity contribution in [1.82, 2.24) is 0 Å². The number of halogens is 2. The van der Waals surface area contributed by atoms with Crippen molar-refractivity contribution < 1.29 is 9.53 Å². The lowest BCUT2D eigenvalue weighted by Crippen LogP contribution is -2.46. The zero-order valence-electron chi connectivity index (χ0n) is 16.5. The van der Waals surface area contributed by atoms with Crippen LogP contribution < -0.4 is 10.6 Å². The SMILES string of the molecule is N#Cc1c(N2CCOC[C@@H]2Cc2ccccc2)sc(C(N)=O)c1-c1ccc(Cl)cc1Cl. The molecule has 1 aliphatic heterocycles. The van der Waals surface area contributed by atoms with Crippen LogP contribution in [0.2, 0.25) is 10.0 Å². The van der Waals surface area contributed by atoms with Gasteiger partial charge in [-0.3, -0.25) is 4.79 Å². The summed E-state index contributed by atoms with van der Waals surface area (Å²) in [5, 5.41) is 11.6. The molecule has 0 saturated carbocycles. The molecule has 158 valence electrons. The van der Waals surface area contributed by atoms with E-state index in [2.05, 4.69) is 23.1 Å². The fourth-order valence-electron chi connectivity index (χ4n) is 3.83. The Morgan fingerprint density at radius 1 is 1.26 bits per heavy atom. The first-order chi connectivity index (χ1) is 15.0. The van der Waals surface area contributed by atoms with Gasteiger partial charge < -0.3 is 15.4 Å². The number of hydrogen-bond donors (Lipinski definition) is 1. The minimum Gasteiger partial charge on any atom is -0.377 e. The zero-order chi connectivity index (χ0) is 22.0. The normalized spacial score (nSPS) is 16.2. The van der Waals surface area contributed by atoms with Crippen molar-refractivity contribution in [3.05, 3.63) is 74.6 Å². The molecule has 0 unspecified atom stereocenters. The average Bonchev–Trinajstić information content (AvgIpc) is 3.14. The maximum Gasteiger partial charge on any atom is 0.259 e. The molecule has 31 heavy (non-hydrogen) atoms. The van der Waals surface area contributed by atoms with Crippen LogP contribution in [0.4, 0.5) is 5.00 Å². The van der Waals surface area contributed by atoms with E-state index in [1.54, 1.807) is 18.2 Å². The molecule has 4 rings (SSSR count). The maximum absolute atomic E-state index is 12.3. The molecule has 2 aromatic carbocycles. The van der Waals surface area contributed by atoms with Crippen LogP contribution >= 0.6 is 34.5 Å². The number of thiophene rings is 1. The lowest BCUT2D eigenvalue weighted by atomic mass is 10.00. The van der Waals surface area contributed by atoms with Gasteiger partial charge in [-0.05, 0) is 24.1 Å². The number of carbonyl (C=O) groups excluding carboxylic acids is 1. The molecule has 0 spiro atoms. The first-order valence-corrected chi connectivity index (χ1v) is 11.3. The van der Waals surface area contributed by atoms with E-state index in [1.807, 2.05) is 18.2 Å². The zero-order valence-corrected chi connectivity index (χ0v) is 18.8. The Hall–Kier alpha value is -2.56. The van der Waals surface area contributed by atoms with Crippen molar-refractivity contribution in [2.75, 3.05) is 24.7 Å². The highest BCUT2D eigenvalue weighted by Crippen LogP contribution is 2.45. The second kappa shape index (κ2) is 9.29. The Balaban J connectivity index is 1.82. The molecule has 1 aromatic heterocycles. The third-order valence-electron chi connectivity index (χ3n) is 5.23. The summed E-state index contributed by atoms with van der Waals surface area (Å²) in [7, 11) is 0. The van der Waals surface area contributed by atoms with Crippen molar-refractivity contribution >= 4 is 45.4 Å². The molecule has 3 aromatic rings. The third kappa shape index (κ3) is 4.41. The molecule has 5 nitrogen and oxygen atoms in total. The highest BCUT2D eigenvalue weighted by Gasteiger charge is 2.32. The number of amides is 1. The summed E-state index contributed by atoms with van der Waals surface area (Å²) in [6.45, 7) is 1.68. The number of benzene rings is 2. The first kappa shape index (κ1) is 21.7. The van der Waals surface area contributed by atoms with E-state index >= 15 is 0 Å². The number of nitriles is 1. The molecule has 1 saturated heterocycles. The van der Waals surface area contributed by atoms with Crippen molar-refractivity contribution in [1.29, 1.82) is 5.26 Å². The van der Waals surface area contributed by atoms with Crippen LogP contribution in [0.25, 0.3) is 11.1 Å². The molecule has 2 heterocycles. The van der Waals surface area contributed by atoms with Gasteiger partial charge in [0.25, 0.3) is 5.91 Å². The number of primary amides is 1. The minimum atomic E-state index is -0.596. The first-order valence-electron chi connectivity index (χ1n) is 9.70. The predicted molar refractivity (Wildman–Crippen MR) is 125 cm³/mol. The van der Waals surface area contributed by atoms with Crippen LogP contribution in [-0.2, 0) is 11.2 Å². The minimum absolute atomic E-state index is 0.0242. The number of morpholine rings is 1. The molecule has 2 N–H and O–H groups in total. The summed E-state index contributed by atoms with van der Waals surface area (Å²) in [5.74, 6) is -0.596. The number of nitrogens with zero attached hydrogens (tertiary/aromatic N) is 2. The lowest BCUT2D eigenvalue weighted by molar-refractivity contribution is 0.0944. The molecule has 8 heteroatoms. The van der Waals surface area contributed by atoms with Gasteiger partial charge in [0.05, 0.1) is 24.8 Å². The van der Waals surface area contributed by atoms with Gasteiger partial charge in [-0.25, -0.2) is 0 Å². The maximum atomic E-state index is 12.3. The Morgan fingerprint density at radius 3 is 2.71 bits per heavy atom. The third-order valence-corrected chi connectivity index (χ3v) is 7.02. The summed E-state index contributed by atoms with van der Waals surface area (Å²) < 4.78 is 5.73. The average molecular weight is 472 g/mol. The highest BCUT2D eigenvalue weighted by molar-refractivity contribution is 7.19. The fraction of sp³-hybridized carbons (Fsp3) is 0.217. The van der Waals surface area contributed by atoms with E-state index in [1.165, 1.54) is 16.9 Å². The van der Waals surface area contributed by atoms with E-state index in [0.717, 1.165) is 6.42 Å². The number of carbonyl (C=O) groups is 1. The number of rotatable bonds is 5. The van der Waals surface area contributed by atoms with Crippen molar-refractivity contribution in [2.45, 2.75) is 12.5 Å². The van der Waals surface area contributed by atoms with Crippen LogP contribution in [-0.4, -0.2) is 31.7 Å².